The average molecular weight is 378 g/mol. The molecule has 0 saturated heterocycles. The minimum atomic E-state index is -0.636. The first kappa shape index (κ1) is 19.5. The Bertz CT molecular complexity index is 943. The van der Waals surface area contributed by atoms with Crippen LogP contribution in [-0.2, 0) is 17.8 Å². The van der Waals surface area contributed by atoms with Gasteiger partial charge in [-0.25, -0.2) is 9.78 Å². The molecule has 1 aromatic heterocycles. The van der Waals surface area contributed by atoms with Crippen molar-refractivity contribution in [2.75, 3.05) is 0 Å². The highest BCUT2D eigenvalue weighted by molar-refractivity contribution is 6.21. The summed E-state index contributed by atoms with van der Waals surface area (Å²) in [6.45, 7) is 5.90. The molecule has 6 nitrogen and oxygen atoms in total. The average Bonchev–Trinajstić information content (AvgIpc) is 2.64. The first-order valence-corrected chi connectivity index (χ1v) is 9.01. The van der Waals surface area contributed by atoms with Gasteiger partial charge in [0.2, 0.25) is 5.78 Å². The van der Waals surface area contributed by atoms with Gasteiger partial charge in [-0.05, 0) is 50.6 Å². The molecule has 2 aromatic rings. The molecule has 0 aliphatic heterocycles. The third-order valence-corrected chi connectivity index (χ3v) is 4.06. The van der Waals surface area contributed by atoms with Gasteiger partial charge in [0.15, 0.2) is 5.78 Å². The topological polar surface area (TPSA) is 76.6 Å². The lowest BCUT2D eigenvalue weighted by atomic mass is 9.99. The molecule has 0 spiro atoms. The largest absolute Gasteiger partial charge is 0.444 e. The summed E-state index contributed by atoms with van der Waals surface area (Å²) >= 11 is 0. The van der Waals surface area contributed by atoms with E-state index in [0.717, 1.165) is 5.56 Å². The minimum Gasteiger partial charge on any atom is -0.444 e. The fourth-order valence-electron chi connectivity index (χ4n) is 2.81. The zero-order valence-corrected chi connectivity index (χ0v) is 16.1. The standard InChI is InChI=1S/C22H22N2O4/c1-22(2,3)28-21(27)24(13-15-7-5-4-6-8-15)14-16-9-10-17-18(25)11-12-19(26)20(17)23-16/h4-12H,13-14H2,1-3H3. The third-order valence-electron chi connectivity index (χ3n) is 4.06. The Balaban J connectivity index is 1.87. The Morgan fingerprint density at radius 2 is 1.64 bits per heavy atom. The maximum atomic E-state index is 12.7. The number of amides is 1. The highest BCUT2D eigenvalue weighted by Crippen LogP contribution is 2.19. The summed E-state index contributed by atoms with van der Waals surface area (Å²) in [5.41, 5.74) is 1.22. The molecule has 0 bridgehead atoms. The number of carbonyl (C=O) groups excluding carboxylic acids is 3. The van der Waals surface area contributed by atoms with Crippen LogP contribution < -0.4 is 0 Å². The van der Waals surface area contributed by atoms with Gasteiger partial charge in [-0.1, -0.05) is 30.3 Å². The molecule has 3 rings (SSSR count). The second kappa shape index (κ2) is 7.76. The molecule has 0 fully saturated rings. The van der Waals surface area contributed by atoms with E-state index in [1.54, 1.807) is 32.9 Å². The van der Waals surface area contributed by atoms with Gasteiger partial charge in [-0.15, -0.1) is 0 Å². The van der Waals surface area contributed by atoms with E-state index in [-0.39, 0.29) is 29.4 Å². The highest BCUT2D eigenvalue weighted by atomic mass is 16.6. The fraction of sp³-hybridized carbons (Fsp3) is 0.273. The summed E-state index contributed by atoms with van der Waals surface area (Å²) in [6.07, 6.45) is 1.99. The van der Waals surface area contributed by atoms with Crippen molar-refractivity contribution in [1.82, 2.24) is 9.88 Å². The summed E-state index contributed by atoms with van der Waals surface area (Å²) < 4.78 is 5.52. The molecule has 6 heteroatoms. The number of carbonyl (C=O) groups is 3. The second-order valence-corrected chi connectivity index (χ2v) is 7.58. The Morgan fingerprint density at radius 3 is 2.32 bits per heavy atom. The number of allylic oxidation sites excluding steroid dienone is 2. The summed E-state index contributed by atoms with van der Waals surface area (Å²) in [5, 5.41) is 0. The van der Waals surface area contributed by atoms with Crippen molar-refractivity contribution in [2.45, 2.75) is 39.5 Å². The fourth-order valence-corrected chi connectivity index (χ4v) is 2.81. The molecular weight excluding hydrogens is 356 g/mol. The molecule has 1 amide bonds. The number of nitrogens with zero attached hydrogens (tertiary/aromatic N) is 2. The van der Waals surface area contributed by atoms with E-state index >= 15 is 0 Å². The predicted molar refractivity (Wildman–Crippen MR) is 104 cm³/mol. The van der Waals surface area contributed by atoms with Crippen LogP contribution in [0.15, 0.2) is 54.6 Å². The first-order chi connectivity index (χ1) is 13.2. The van der Waals surface area contributed by atoms with E-state index in [1.807, 2.05) is 30.3 Å². The summed E-state index contributed by atoms with van der Waals surface area (Å²) in [6, 6.07) is 12.8. The van der Waals surface area contributed by atoms with E-state index < -0.39 is 11.7 Å². The molecule has 1 aliphatic carbocycles. The first-order valence-electron chi connectivity index (χ1n) is 9.01. The van der Waals surface area contributed by atoms with E-state index in [9.17, 15) is 14.4 Å². The molecule has 0 radical (unpaired) electrons. The van der Waals surface area contributed by atoms with Crippen molar-refractivity contribution in [1.29, 1.82) is 0 Å². The lowest BCUT2D eigenvalue weighted by Crippen LogP contribution is -2.36. The molecule has 144 valence electrons. The van der Waals surface area contributed by atoms with Gasteiger partial charge in [0.1, 0.15) is 11.3 Å². The predicted octanol–water partition coefficient (Wildman–Crippen LogP) is 3.95. The zero-order valence-electron chi connectivity index (χ0n) is 16.1. The van der Waals surface area contributed by atoms with Crippen LogP contribution in [0.5, 0.6) is 0 Å². The number of rotatable bonds is 4. The lowest BCUT2D eigenvalue weighted by Gasteiger charge is -2.27. The summed E-state index contributed by atoms with van der Waals surface area (Å²) in [5.74, 6) is -0.565. The Morgan fingerprint density at radius 1 is 0.964 bits per heavy atom. The number of pyridine rings is 1. The number of ether oxygens (including phenoxy) is 1. The van der Waals surface area contributed by atoms with Crippen molar-refractivity contribution < 1.29 is 19.1 Å². The van der Waals surface area contributed by atoms with Crippen LogP contribution in [0.1, 0.15) is 52.9 Å². The van der Waals surface area contributed by atoms with Crippen LogP contribution in [0.4, 0.5) is 4.79 Å². The molecule has 1 aliphatic rings. The van der Waals surface area contributed by atoms with Gasteiger partial charge in [0.05, 0.1) is 17.8 Å². The molecule has 0 unspecified atom stereocenters. The van der Waals surface area contributed by atoms with Crippen LogP contribution in [0.2, 0.25) is 0 Å². The van der Waals surface area contributed by atoms with E-state index in [2.05, 4.69) is 4.98 Å². The van der Waals surface area contributed by atoms with Crippen LogP contribution in [0.3, 0.4) is 0 Å². The minimum absolute atomic E-state index is 0.119. The number of aromatic nitrogens is 1. The zero-order chi connectivity index (χ0) is 20.3. The van der Waals surface area contributed by atoms with Gasteiger partial charge in [0, 0.05) is 6.54 Å². The molecule has 0 saturated carbocycles. The number of ketones is 2. The van der Waals surface area contributed by atoms with Gasteiger partial charge < -0.3 is 4.74 Å². The van der Waals surface area contributed by atoms with Gasteiger partial charge in [0.25, 0.3) is 0 Å². The van der Waals surface area contributed by atoms with E-state index in [4.69, 9.17) is 4.74 Å². The monoisotopic (exact) mass is 378 g/mol. The van der Waals surface area contributed by atoms with Gasteiger partial charge >= 0.3 is 6.09 Å². The Labute approximate surface area is 163 Å². The highest BCUT2D eigenvalue weighted by Gasteiger charge is 2.25. The van der Waals surface area contributed by atoms with Gasteiger partial charge in [-0.3, -0.25) is 14.5 Å². The molecule has 28 heavy (non-hydrogen) atoms. The van der Waals surface area contributed by atoms with Gasteiger partial charge in [-0.2, -0.15) is 0 Å². The van der Waals surface area contributed by atoms with Crippen molar-refractivity contribution in [3.63, 3.8) is 0 Å². The number of benzene rings is 1. The number of hydrogen-bond donors (Lipinski definition) is 0. The molecular formula is C22H22N2O4. The van der Waals surface area contributed by atoms with Crippen LogP contribution in [0, 0.1) is 0 Å². The van der Waals surface area contributed by atoms with Crippen LogP contribution >= 0.6 is 0 Å². The number of fused-ring (bicyclic) bond motifs is 1. The van der Waals surface area contributed by atoms with Crippen LogP contribution in [0.25, 0.3) is 0 Å². The lowest BCUT2D eigenvalue weighted by molar-refractivity contribution is 0.0214. The Kier molecular flexibility index (Phi) is 5.40. The van der Waals surface area contributed by atoms with E-state index in [1.165, 1.54) is 17.1 Å². The van der Waals surface area contributed by atoms with Crippen molar-refractivity contribution >= 4 is 17.7 Å². The normalized spacial score (nSPS) is 13.2. The molecule has 0 N–H and O–H groups in total. The summed E-state index contributed by atoms with van der Waals surface area (Å²) in [7, 11) is 0. The Hall–Kier alpha value is -3.28. The third kappa shape index (κ3) is 4.71. The quantitative estimate of drug-likeness (QED) is 0.805. The summed E-state index contributed by atoms with van der Waals surface area (Å²) in [4.78, 5) is 42.6. The second-order valence-electron chi connectivity index (χ2n) is 7.58. The van der Waals surface area contributed by atoms with Crippen molar-refractivity contribution in [3.8, 4) is 0 Å². The van der Waals surface area contributed by atoms with Crippen molar-refractivity contribution in [2.24, 2.45) is 0 Å². The molecule has 1 heterocycles. The molecule has 0 atom stereocenters. The maximum Gasteiger partial charge on any atom is 0.410 e. The SMILES string of the molecule is CC(C)(C)OC(=O)N(Cc1ccccc1)Cc1ccc2c(n1)C(=O)C=CC2=O. The van der Waals surface area contributed by atoms with E-state index in [0.29, 0.717) is 12.2 Å². The van der Waals surface area contributed by atoms with Crippen molar-refractivity contribution in [3.05, 3.63) is 77.1 Å². The maximum absolute atomic E-state index is 12.7. The smallest absolute Gasteiger partial charge is 0.410 e. The molecule has 1 aromatic carbocycles. The van der Waals surface area contributed by atoms with Crippen LogP contribution in [-0.4, -0.2) is 33.1 Å². The number of hydrogen-bond acceptors (Lipinski definition) is 5.